The number of aromatic nitrogens is 2. The molecule has 2 aromatic rings. The van der Waals surface area contributed by atoms with Crippen molar-refractivity contribution < 1.29 is 9.47 Å². The number of benzene rings is 1. The van der Waals surface area contributed by atoms with Crippen molar-refractivity contribution >= 4 is 22.6 Å². The van der Waals surface area contributed by atoms with Gasteiger partial charge in [0.1, 0.15) is 15.1 Å². The summed E-state index contributed by atoms with van der Waals surface area (Å²) in [7, 11) is 0. The molecule has 0 atom stereocenters. The fraction of sp³-hybridized carbons (Fsp3) is 0.231. The van der Waals surface area contributed by atoms with Crippen LogP contribution < -0.4 is 15.0 Å². The van der Waals surface area contributed by atoms with Crippen LogP contribution >= 0.6 is 22.6 Å². The third-order valence-corrected chi connectivity index (χ3v) is 3.23. The second-order valence-electron chi connectivity index (χ2n) is 3.77. The van der Waals surface area contributed by atoms with Gasteiger partial charge in [0, 0.05) is 0 Å². The summed E-state index contributed by atoms with van der Waals surface area (Å²) in [4.78, 5) is 17.9. The highest BCUT2D eigenvalue weighted by atomic mass is 127. The van der Waals surface area contributed by atoms with Crippen LogP contribution in [-0.4, -0.2) is 16.6 Å². The van der Waals surface area contributed by atoms with E-state index < -0.39 is 0 Å². The Kier molecular flexibility index (Phi) is 4.78. The summed E-state index contributed by atoms with van der Waals surface area (Å²) >= 11 is 1.90. The van der Waals surface area contributed by atoms with E-state index >= 15 is 0 Å². The third kappa shape index (κ3) is 3.69. The van der Waals surface area contributed by atoms with Crippen molar-refractivity contribution in [3.63, 3.8) is 0 Å². The van der Waals surface area contributed by atoms with Crippen molar-refractivity contribution in [1.82, 2.24) is 9.97 Å². The Morgan fingerprint density at radius 2 is 1.95 bits per heavy atom. The molecule has 0 bridgehead atoms. The van der Waals surface area contributed by atoms with E-state index in [1.807, 2.05) is 34.7 Å². The molecule has 0 saturated carbocycles. The Morgan fingerprint density at radius 3 is 2.63 bits per heavy atom. The van der Waals surface area contributed by atoms with Gasteiger partial charge >= 0.3 is 0 Å². The van der Waals surface area contributed by atoms with Gasteiger partial charge in [-0.05, 0) is 53.3 Å². The number of hydrogen-bond donors (Lipinski definition) is 1. The monoisotopic (exact) mass is 372 g/mol. The first-order chi connectivity index (χ1) is 9.20. The Labute approximate surface area is 124 Å². The van der Waals surface area contributed by atoms with Crippen LogP contribution in [0.5, 0.6) is 17.4 Å². The van der Waals surface area contributed by atoms with Crippen LogP contribution in [0.4, 0.5) is 0 Å². The molecule has 0 spiro atoms. The second kappa shape index (κ2) is 6.55. The molecule has 1 N–H and O–H groups in total. The van der Waals surface area contributed by atoms with Crippen LogP contribution in [0.15, 0.2) is 35.4 Å². The molecular weight excluding hydrogens is 359 g/mol. The molecule has 0 radical (unpaired) electrons. The van der Waals surface area contributed by atoms with E-state index in [-0.39, 0.29) is 5.56 Å². The predicted molar refractivity (Wildman–Crippen MR) is 79.9 cm³/mol. The summed E-state index contributed by atoms with van der Waals surface area (Å²) in [5.74, 6) is 1.70. The number of nitrogens with one attached hydrogen (secondary N) is 1. The van der Waals surface area contributed by atoms with E-state index in [9.17, 15) is 4.79 Å². The molecule has 1 aromatic heterocycles. The standard InChI is InChI=1S/C13H13IN2O3/c1-2-7-18-9-3-5-10(6-4-9)19-13-11(14)12(17)15-8-16-13/h3-6,8H,2,7H2,1H3,(H,15,16,17). The Balaban J connectivity index is 2.11. The quantitative estimate of drug-likeness (QED) is 0.820. The van der Waals surface area contributed by atoms with Crippen LogP contribution in [0, 0.1) is 3.57 Å². The van der Waals surface area contributed by atoms with Gasteiger partial charge in [-0.3, -0.25) is 4.79 Å². The SMILES string of the molecule is CCCOc1ccc(Oc2nc[nH]c(=O)c2I)cc1. The molecule has 1 heterocycles. The largest absolute Gasteiger partial charge is 0.494 e. The highest BCUT2D eigenvalue weighted by molar-refractivity contribution is 14.1. The predicted octanol–water partition coefficient (Wildman–Crippen LogP) is 2.96. The van der Waals surface area contributed by atoms with Gasteiger partial charge in [-0.2, -0.15) is 0 Å². The van der Waals surface area contributed by atoms with Crippen molar-refractivity contribution in [2.45, 2.75) is 13.3 Å². The molecule has 0 unspecified atom stereocenters. The molecular formula is C13H13IN2O3. The van der Waals surface area contributed by atoms with E-state index in [2.05, 4.69) is 16.9 Å². The Morgan fingerprint density at radius 1 is 1.26 bits per heavy atom. The summed E-state index contributed by atoms with van der Waals surface area (Å²) in [5.41, 5.74) is -0.214. The zero-order chi connectivity index (χ0) is 13.7. The van der Waals surface area contributed by atoms with E-state index in [4.69, 9.17) is 9.47 Å². The van der Waals surface area contributed by atoms with Gasteiger partial charge in [0.05, 0.1) is 12.9 Å². The topological polar surface area (TPSA) is 64.2 Å². The summed E-state index contributed by atoms with van der Waals surface area (Å²) in [5, 5.41) is 0. The number of rotatable bonds is 5. The molecule has 0 aliphatic rings. The summed E-state index contributed by atoms with van der Waals surface area (Å²) in [6.07, 6.45) is 2.28. The van der Waals surface area contributed by atoms with Crippen molar-refractivity contribution in [2.75, 3.05) is 6.61 Å². The Hall–Kier alpha value is -1.57. The summed E-state index contributed by atoms with van der Waals surface area (Å²) in [6, 6.07) is 7.21. The third-order valence-electron chi connectivity index (χ3n) is 2.28. The molecule has 0 aliphatic carbocycles. The van der Waals surface area contributed by atoms with Gasteiger partial charge in [-0.25, -0.2) is 4.98 Å². The van der Waals surface area contributed by atoms with Crippen molar-refractivity contribution in [2.24, 2.45) is 0 Å². The smallest absolute Gasteiger partial charge is 0.268 e. The lowest BCUT2D eigenvalue weighted by Crippen LogP contribution is -2.11. The Bertz CT molecular complexity index is 596. The van der Waals surface area contributed by atoms with Gasteiger partial charge in [0.15, 0.2) is 0 Å². The van der Waals surface area contributed by atoms with Gasteiger partial charge < -0.3 is 14.5 Å². The number of H-pyrrole nitrogens is 1. The molecule has 0 aliphatic heterocycles. The van der Waals surface area contributed by atoms with Crippen molar-refractivity contribution in [1.29, 1.82) is 0 Å². The normalized spacial score (nSPS) is 10.2. The minimum Gasteiger partial charge on any atom is -0.494 e. The van der Waals surface area contributed by atoms with Crippen LogP contribution in [0.25, 0.3) is 0 Å². The van der Waals surface area contributed by atoms with Gasteiger partial charge in [-0.1, -0.05) is 6.92 Å². The fourth-order valence-electron chi connectivity index (χ4n) is 1.37. The average Bonchev–Trinajstić information content (AvgIpc) is 2.43. The number of hydrogen-bond acceptors (Lipinski definition) is 4. The molecule has 1 aromatic carbocycles. The maximum atomic E-state index is 11.4. The molecule has 2 rings (SSSR count). The molecule has 5 nitrogen and oxygen atoms in total. The average molecular weight is 372 g/mol. The molecule has 100 valence electrons. The first-order valence-corrected chi connectivity index (χ1v) is 6.92. The maximum Gasteiger partial charge on any atom is 0.268 e. The summed E-state index contributed by atoms with van der Waals surface area (Å²) in [6.45, 7) is 2.74. The van der Waals surface area contributed by atoms with Crippen LogP contribution in [0.2, 0.25) is 0 Å². The first-order valence-electron chi connectivity index (χ1n) is 5.84. The lowest BCUT2D eigenvalue weighted by Gasteiger charge is -2.07. The van der Waals surface area contributed by atoms with Gasteiger partial charge in [-0.15, -0.1) is 0 Å². The lowest BCUT2D eigenvalue weighted by molar-refractivity contribution is 0.317. The van der Waals surface area contributed by atoms with E-state index in [0.29, 0.717) is 21.8 Å². The van der Waals surface area contributed by atoms with E-state index in [0.717, 1.165) is 12.2 Å². The number of nitrogens with zero attached hydrogens (tertiary/aromatic N) is 1. The van der Waals surface area contributed by atoms with Crippen molar-refractivity contribution in [3.8, 4) is 17.4 Å². The number of halogens is 1. The van der Waals surface area contributed by atoms with Crippen LogP contribution in [0.3, 0.4) is 0 Å². The second-order valence-corrected chi connectivity index (χ2v) is 4.85. The zero-order valence-electron chi connectivity index (χ0n) is 10.4. The number of aromatic amines is 1. The van der Waals surface area contributed by atoms with Crippen molar-refractivity contribution in [3.05, 3.63) is 44.5 Å². The lowest BCUT2D eigenvalue weighted by atomic mass is 10.3. The minimum absolute atomic E-state index is 0.214. The van der Waals surface area contributed by atoms with E-state index in [1.54, 1.807) is 12.1 Å². The zero-order valence-corrected chi connectivity index (χ0v) is 12.5. The number of ether oxygens (including phenoxy) is 2. The highest BCUT2D eigenvalue weighted by Gasteiger charge is 2.07. The van der Waals surface area contributed by atoms with Crippen LogP contribution in [0.1, 0.15) is 13.3 Å². The minimum atomic E-state index is -0.214. The molecule has 0 saturated heterocycles. The van der Waals surface area contributed by atoms with E-state index in [1.165, 1.54) is 6.33 Å². The fourth-order valence-corrected chi connectivity index (χ4v) is 1.78. The molecule has 0 fully saturated rings. The first kappa shape index (κ1) is 13.9. The molecule has 0 amide bonds. The van der Waals surface area contributed by atoms with Gasteiger partial charge in [0.2, 0.25) is 5.88 Å². The molecule has 6 heteroatoms. The van der Waals surface area contributed by atoms with Crippen LogP contribution in [-0.2, 0) is 0 Å². The summed E-state index contributed by atoms with van der Waals surface area (Å²) < 4.78 is 11.5. The highest BCUT2D eigenvalue weighted by Crippen LogP contribution is 2.24. The maximum absolute atomic E-state index is 11.4. The molecule has 19 heavy (non-hydrogen) atoms. The van der Waals surface area contributed by atoms with Gasteiger partial charge in [0.25, 0.3) is 5.56 Å².